The van der Waals surface area contributed by atoms with Crippen molar-refractivity contribution in [2.24, 2.45) is 17.8 Å². The van der Waals surface area contributed by atoms with Gasteiger partial charge in [0.25, 0.3) is 18.3 Å². The third kappa shape index (κ3) is 11.9. The van der Waals surface area contributed by atoms with Crippen molar-refractivity contribution in [1.29, 1.82) is 0 Å². The minimum absolute atomic E-state index is 0.0383. The van der Waals surface area contributed by atoms with E-state index in [1.165, 1.54) is 19.1 Å². The second-order valence-electron chi connectivity index (χ2n) is 11.1. The Morgan fingerprint density at radius 1 is 0.955 bits per heavy atom. The van der Waals surface area contributed by atoms with Gasteiger partial charge in [-0.25, -0.2) is 0 Å². The predicted octanol–water partition coefficient (Wildman–Crippen LogP) is 2.18. The minimum atomic E-state index is -1.18. The highest BCUT2D eigenvalue weighted by Crippen LogP contribution is 2.20. The van der Waals surface area contributed by atoms with E-state index in [2.05, 4.69) is 15.4 Å². The molecule has 2 rings (SSSR count). The van der Waals surface area contributed by atoms with Gasteiger partial charge in [-0.15, -0.1) is 0 Å². The maximum atomic E-state index is 13.1. The number of carbonyl (C=O) groups excluding carboxylic acids is 7. The fraction of sp³-hybridized carbons (Fsp3) is 0.484. The number of nitrogens with zero attached hydrogens (tertiary/aromatic N) is 1. The number of Topliss-reactive ketones (excluding diaryl/α,β-unsaturated/α-hetero) is 2. The highest BCUT2D eigenvalue weighted by Gasteiger charge is 2.30. The molecule has 13 nitrogen and oxygen atoms in total. The van der Waals surface area contributed by atoms with Crippen LogP contribution in [0, 0.1) is 17.8 Å². The standard InChI is InChI=1S/C31H39N3O10/c1-19(2)14-23(15-25(36)12-13-34-27(38)9-10-28(34)39)31(43)32-20(3)26(37)16-22(6-11-29(40)41)30(42)33-24-7-4-21(5-8-24)17-44-18-35/h4-5,7-10,18-20,22-23H,6,11-17H2,1-3H3,(H,32,43)(H,33,42)(H,40,41)/t20-,22+,23-/m0/s1/i18D. The number of carboxylic acids is 1. The van der Waals surface area contributed by atoms with Gasteiger partial charge >= 0.3 is 5.97 Å². The van der Waals surface area contributed by atoms with Gasteiger partial charge in [0.2, 0.25) is 11.8 Å². The molecule has 1 aliphatic rings. The number of amides is 4. The lowest BCUT2D eigenvalue weighted by atomic mass is 9.90. The van der Waals surface area contributed by atoms with E-state index in [-0.39, 0.29) is 57.0 Å². The number of ketones is 2. The first-order valence-corrected chi connectivity index (χ1v) is 14.3. The lowest BCUT2D eigenvalue weighted by molar-refractivity contribution is -0.139. The lowest BCUT2D eigenvalue weighted by Crippen LogP contribution is -2.43. The van der Waals surface area contributed by atoms with Crippen LogP contribution >= 0.6 is 0 Å². The first-order valence-electron chi connectivity index (χ1n) is 14.8. The summed E-state index contributed by atoms with van der Waals surface area (Å²) in [7, 11) is 0. The van der Waals surface area contributed by atoms with Gasteiger partial charge in [0.1, 0.15) is 12.4 Å². The van der Waals surface area contributed by atoms with Gasteiger partial charge in [-0.2, -0.15) is 0 Å². The molecule has 238 valence electrons. The van der Waals surface area contributed by atoms with E-state index < -0.39 is 59.7 Å². The zero-order valence-corrected chi connectivity index (χ0v) is 25.0. The van der Waals surface area contributed by atoms with E-state index in [0.29, 0.717) is 17.7 Å². The average molecular weight is 615 g/mol. The van der Waals surface area contributed by atoms with Gasteiger partial charge in [-0.1, -0.05) is 26.0 Å². The molecular formula is C31H39N3O10. The maximum absolute atomic E-state index is 13.1. The largest absolute Gasteiger partial charge is 0.481 e. The van der Waals surface area contributed by atoms with Crippen LogP contribution in [0.2, 0.25) is 0 Å². The van der Waals surface area contributed by atoms with Gasteiger partial charge in [0, 0.05) is 61.9 Å². The first-order chi connectivity index (χ1) is 21.2. The fourth-order valence-corrected chi connectivity index (χ4v) is 4.61. The quantitative estimate of drug-likeness (QED) is 0.154. The number of aliphatic carboxylic acids is 1. The molecule has 0 fully saturated rings. The molecule has 1 aromatic rings. The third-order valence-corrected chi connectivity index (χ3v) is 7.00. The number of ether oxygens (including phenoxy) is 1. The topological polar surface area (TPSA) is 193 Å². The summed E-state index contributed by atoms with van der Waals surface area (Å²) < 4.78 is 11.4. The second kappa shape index (κ2) is 17.4. The predicted molar refractivity (Wildman–Crippen MR) is 157 cm³/mol. The Morgan fingerprint density at radius 3 is 2.16 bits per heavy atom. The second-order valence-corrected chi connectivity index (χ2v) is 11.1. The minimum Gasteiger partial charge on any atom is -0.481 e. The van der Waals surface area contributed by atoms with Gasteiger partial charge in [-0.05, 0) is 43.4 Å². The number of carboxylic acid groups (broad SMARTS) is 1. The highest BCUT2D eigenvalue weighted by atomic mass is 16.5. The zero-order chi connectivity index (χ0) is 33.7. The molecule has 0 saturated heterocycles. The van der Waals surface area contributed by atoms with Crippen molar-refractivity contribution in [1.82, 2.24) is 10.2 Å². The third-order valence-electron chi connectivity index (χ3n) is 7.00. The van der Waals surface area contributed by atoms with E-state index in [9.17, 15) is 38.4 Å². The molecule has 1 heterocycles. The fourth-order valence-electron chi connectivity index (χ4n) is 4.61. The number of anilines is 1. The Balaban J connectivity index is 2.00. The molecule has 1 aromatic carbocycles. The molecule has 0 saturated carbocycles. The Labute approximate surface area is 256 Å². The molecule has 13 heteroatoms. The summed E-state index contributed by atoms with van der Waals surface area (Å²) in [6.07, 6.45) is 0.290. The van der Waals surface area contributed by atoms with E-state index >= 15 is 0 Å². The van der Waals surface area contributed by atoms with E-state index in [1.54, 1.807) is 12.1 Å². The lowest BCUT2D eigenvalue weighted by Gasteiger charge is -2.22. The SMILES string of the molecule is [2H]C(=O)OCc1ccc(NC(=O)[C@H](CCC(=O)O)CC(=O)[C@H](C)NC(=O)[C@H](CC(=O)CCN2C(=O)C=CC2=O)CC(C)C)cc1. The summed E-state index contributed by atoms with van der Waals surface area (Å²) in [5.74, 6) is -5.86. The molecule has 0 radical (unpaired) electrons. The summed E-state index contributed by atoms with van der Waals surface area (Å²) in [6, 6.07) is 5.14. The van der Waals surface area contributed by atoms with Gasteiger partial charge in [0.15, 0.2) is 7.15 Å². The monoisotopic (exact) mass is 614 g/mol. The molecule has 3 N–H and O–H groups in total. The smallest absolute Gasteiger partial charge is 0.303 e. The van der Waals surface area contributed by atoms with Gasteiger partial charge in [-0.3, -0.25) is 43.3 Å². The molecule has 1 aliphatic heterocycles. The summed E-state index contributed by atoms with van der Waals surface area (Å²) in [5.41, 5.74) is 0.924. The molecule has 3 atom stereocenters. The number of nitrogens with one attached hydrogen (secondary N) is 2. The van der Waals surface area contributed by atoms with Crippen molar-refractivity contribution in [3.8, 4) is 0 Å². The number of benzene rings is 1. The Hall–Kier alpha value is -4.68. The van der Waals surface area contributed by atoms with Crippen LogP contribution in [0.5, 0.6) is 0 Å². The molecular weight excluding hydrogens is 574 g/mol. The summed E-state index contributed by atoms with van der Waals surface area (Å²) in [5, 5.41) is 14.4. The van der Waals surface area contributed by atoms with Crippen LogP contribution in [0.25, 0.3) is 0 Å². The number of imide groups is 1. The maximum Gasteiger partial charge on any atom is 0.303 e. The van der Waals surface area contributed by atoms with E-state index in [4.69, 9.17) is 6.48 Å². The van der Waals surface area contributed by atoms with Gasteiger partial charge < -0.3 is 20.5 Å². The van der Waals surface area contributed by atoms with Crippen molar-refractivity contribution >= 4 is 53.3 Å². The van der Waals surface area contributed by atoms with Crippen LogP contribution in [0.3, 0.4) is 0 Å². The van der Waals surface area contributed by atoms with Crippen molar-refractivity contribution in [3.05, 3.63) is 42.0 Å². The Kier molecular flexibility index (Phi) is 13.4. The average Bonchev–Trinajstić information content (AvgIpc) is 3.28. The molecule has 0 bridgehead atoms. The van der Waals surface area contributed by atoms with Gasteiger partial charge in [0.05, 0.1) is 6.04 Å². The van der Waals surface area contributed by atoms with Crippen molar-refractivity contribution in [3.63, 3.8) is 0 Å². The number of hydrogen-bond donors (Lipinski definition) is 3. The molecule has 0 aliphatic carbocycles. The number of carbonyl (C=O) groups is 8. The molecule has 0 aromatic heterocycles. The van der Waals surface area contributed by atoms with Crippen LogP contribution in [0.4, 0.5) is 5.69 Å². The van der Waals surface area contributed by atoms with Crippen molar-refractivity contribution < 1.29 is 49.6 Å². The summed E-state index contributed by atoms with van der Waals surface area (Å²) >= 11 is 0. The van der Waals surface area contributed by atoms with Crippen LogP contribution in [-0.2, 0) is 49.7 Å². The van der Waals surface area contributed by atoms with Crippen LogP contribution in [-0.4, -0.2) is 70.2 Å². The van der Waals surface area contributed by atoms with Crippen LogP contribution in [0.15, 0.2) is 36.4 Å². The molecule has 0 unspecified atom stereocenters. The van der Waals surface area contributed by atoms with Crippen molar-refractivity contribution in [2.75, 3.05) is 11.9 Å². The zero-order valence-electron chi connectivity index (χ0n) is 26.0. The molecule has 44 heavy (non-hydrogen) atoms. The number of rotatable bonds is 19. The van der Waals surface area contributed by atoms with E-state index in [1.807, 2.05) is 13.8 Å². The molecule has 4 amide bonds. The number of hydrogen-bond acceptors (Lipinski definition) is 9. The van der Waals surface area contributed by atoms with Crippen molar-refractivity contribution in [2.45, 2.75) is 71.9 Å². The normalized spacial score (nSPS) is 14.9. The molecule has 0 spiro atoms. The van der Waals surface area contributed by atoms with Crippen LogP contribution < -0.4 is 10.6 Å². The van der Waals surface area contributed by atoms with Crippen LogP contribution in [0.1, 0.15) is 66.2 Å². The highest BCUT2D eigenvalue weighted by molar-refractivity contribution is 6.13. The Morgan fingerprint density at radius 2 is 1.59 bits per heavy atom. The summed E-state index contributed by atoms with van der Waals surface area (Å²) in [6.45, 7) is 4.97. The van der Waals surface area contributed by atoms with E-state index in [0.717, 1.165) is 17.1 Å². The first kappa shape index (κ1) is 33.8. The Bertz CT molecular complexity index is 1310. The summed E-state index contributed by atoms with van der Waals surface area (Å²) in [4.78, 5) is 98.2.